The molecule has 5 heteroatoms. The molecule has 1 N–H and O–H groups in total. The maximum Gasteiger partial charge on any atom is 0.233 e. The Morgan fingerprint density at radius 3 is 2.73 bits per heavy atom. The minimum absolute atomic E-state index is 0.0165. The molecule has 0 aromatic heterocycles. The molecular formula is C10H14N2O2S. The van der Waals surface area contributed by atoms with E-state index in [2.05, 4.69) is 6.07 Å². The van der Waals surface area contributed by atoms with Crippen molar-refractivity contribution >= 4 is 17.7 Å². The van der Waals surface area contributed by atoms with Crippen molar-refractivity contribution in [3.05, 3.63) is 0 Å². The predicted octanol–water partition coefficient (Wildman–Crippen LogP) is 0.569. The van der Waals surface area contributed by atoms with Gasteiger partial charge in [-0.05, 0) is 20.8 Å². The zero-order valence-corrected chi connectivity index (χ0v) is 9.78. The van der Waals surface area contributed by atoms with E-state index in [1.165, 1.54) is 0 Å². The fourth-order valence-corrected chi connectivity index (χ4v) is 4.03. The molecule has 0 aromatic carbocycles. The molecule has 15 heavy (non-hydrogen) atoms. The van der Waals surface area contributed by atoms with Gasteiger partial charge in [0.2, 0.25) is 5.91 Å². The summed E-state index contributed by atoms with van der Waals surface area (Å²) in [4.78, 5) is 13.4. The van der Waals surface area contributed by atoms with Gasteiger partial charge in [0.15, 0.2) is 0 Å². The highest BCUT2D eigenvalue weighted by Gasteiger charge is 2.62. The van der Waals surface area contributed by atoms with Crippen LogP contribution in [0, 0.1) is 17.2 Å². The van der Waals surface area contributed by atoms with E-state index in [0.717, 1.165) is 0 Å². The molecule has 2 heterocycles. The zero-order valence-electron chi connectivity index (χ0n) is 8.97. The van der Waals surface area contributed by atoms with Crippen LogP contribution in [0.2, 0.25) is 0 Å². The molecule has 0 bridgehead atoms. The van der Waals surface area contributed by atoms with E-state index in [1.807, 2.05) is 13.8 Å². The second-order valence-corrected chi connectivity index (χ2v) is 6.43. The SMILES string of the molecule is CC(O)[C@H]1C(=O)N2[C@@H]1SC(C)(C)[C@@H]2C#N. The molecule has 2 saturated heterocycles. The normalized spacial score (nSPS) is 39.3. The summed E-state index contributed by atoms with van der Waals surface area (Å²) in [5.74, 6) is -0.410. The van der Waals surface area contributed by atoms with Crippen LogP contribution in [0.5, 0.6) is 0 Å². The van der Waals surface area contributed by atoms with Crippen molar-refractivity contribution in [3.8, 4) is 6.07 Å². The van der Waals surface area contributed by atoms with Crippen molar-refractivity contribution in [2.45, 2.75) is 43.0 Å². The standard InChI is InChI=1S/C10H14N2O2S/c1-5(13)7-8(14)12-6(4-11)10(2,3)15-9(7)12/h5-7,9,13H,1-3H3/t5?,6-,7-,9+/m0/s1. The highest BCUT2D eigenvalue weighted by atomic mass is 32.2. The Balaban J connectivity index is 2.26. The number of thioether (sulfide) groups is 1. The van der Waals surface area contributed by atoms with Crippen molar-refractivity contribution in [2.24, 2.45) is 5.92 Å². The maximum absolute atomic E-state index is 11.7. The smallest absolute Gasteiger partial charge is 0.233 e. The van der Waals surface area contributed by atoms with Gasteiger partial charge in [-0.3, -0.25) is 4.79 Å². The van der Waals surface area contributed by atoms with Gasteiger partial charge in [0.05, 0.1) is 23.5 Å². The van der Waals surface area contributed by atoms with Crippen molar-refractivity contribution in [1.82, 2.24) is 4.90 Å². The van der Waals surface area contributed by atoms with Gasteiger partial charge in [0, 0.05) is 4.75 Å². The molecule has 4 nitrogen and oxygen atoms in total. The molecule has 4 atom stereocenters. The number of carbonyl (C=O) groups excluding carboxylic acids is 1. The van der Waals surface area contributed by atoms with Gasteiger partial charge in [0.25, 0.3) is 0 Å². The monoisotopic (exact) mass is 226 g/mol. The van der Waals surface area contributed by atoms with Crippen LogP contribution in [0.15, 0.2) is 0 Å². The summed E-state index contributed by atoms with van der Waals surface area (Å²) in [7, 11) is 0. The first-order chi connectivity index (χ1) is 6.90. The molecule has 1 unspecified atom stereocenters. The summed E-state index contributed by atoms with van der Waals surface area (Å²) < 4.78 is -0.237. The number of rotatable bonds is 1. The number of nitriles is 1. The van der Waals surface area contributed by atoms with Gasteiger partial charge in [-0.15, -0.1) is 11.8 Å². The molecule has 1 amide bonds. The highest BCUT2D eigenvalue weighted by Crippen LogP contribution is 2.53. The van der Waals surface area contributed by atoms with E-state index in [9.17, 15) is 9.90 Å². The van der Waals surface area contributed by atoms with E-state index in [-0.39, 0.29) is 28.0 Å². The Morgan fingerprint density at radius 1 is 1.67 bits per heavy atom. The molecule has 2 aliphatic heterocycles. The molecule has 0 radical (unpaired) electrons. The summed E-state index contributed by atoms with van der Waals surface area (Å²) in [6, 6.07) is 1.81. The maximum atomic E-state index is 11.7. The number of carbonyl (C=O) groups is 1. The number of hydrogen-bond acceptors (Lipinski definition) is 4. The van der Waals surface area contributed by atoms with Gasteiger partial charge >= 0.3 is 0 Å². The largest absolute Gasteiger partial charge is 0.392 e. The van der Waals surface area contributed by atoms with Crippen LogP contribution in [0.1, 0.15) is 20.8 Å². The van der Waals surface area contributed by atoms with Gasteiger partial charge in [-0.2, -0.15) is 5.26 Å². The average Bonchev–Trinajstić information content (AvgIpc) is 2.33. The summed E-state index contributed by atoms with van der Waals surface area (Å²) in [5.41, 5.74) is 0. The molecular weight excluding hydrogens is 212 g/mol. The number of amides is 1. The first-order valence-electron chi connectivity index (χ1n) is 4.98. The summed E-state index contributed by atoms with van der Waals surface area (Å²) in [6.45, 7) is 5.57. The Kier molecular flexibility index (Phi) is 2.25. The summed E-state index contributed by atoms with van der Waals surface area (Å²) >= 11 is 1.61. The lowest BCUT2D eigenvalue weighted by Crippen LogP contribution is -2.63. The van der Waals surface area contributed by atoms with Crippen LogP contribution in [0.3, 0.4) is 0 Å². The number of β-lactam (4-membered cyclic amide) rings is 1. The van der Waals surface area contributed by atoms with Gasteiger partial charge in [-0.25, -0.2) is 0 Å². The van der Waals surface area contributed by atoms with Gasteiger partial charge in [-0.1, -0.05) is 0 Å². The third-order valence-corrected chi connectivity index (χ3v) is 4.72. The number of aliphatic hydroxyl groups is 1. The lowest BCUT2D eigenvalue weighted by Gasteiger charge is -2.44. The highest BCUT2D eigenvalue weighted by molar-refractivity contribution is 8.01. The summed E-state index contributed by atoms with van der Waals surface area (Å²) in [5, 5.41) is 18.5. The Hall–Kier alpha value is -0.730. The van der Waals surface area contributed by atoms with Crippen molar-refractivity contribution in [3.63, 3.8) is 0 Å². The molecule has 2 aliphatic rings. The van der Waals surface area contributed by atoms with Crippen molar-refractivity contribution in [1.29, 1.82) is 5.26 Å². The molecule has 0 saturated carbocycles. The average molecular weight is 226 g/mol. The van der Waals surface area contributed by atoms with Crippen LogP contribution in [-0.2, 0) is 4.79 Å². The minimum atomic E-state index is -0.625. The molecule has 2 fully saturated rings. The second kappa shape index (κ2) is 3.13. The van der Waals surface area contributed by atoms with E-state index in [4.69, 9.17) is 5.26 Å². The Morgan fingerprint density at radius 2 is 2.27 bits per heavy atom. The van der Waals surface area contributed by atoms with Gasteiger partial charge in [0.1, 0.15) is 6.04 Å². The predicted molar refractivity (Wildman–Crippen MR) is 56.9 cm³/mol. The topological polar surface area (TPSA) is 64.3 Å². The van der Waals surface area contributed by atoms with Crippen molar-refractivity contribution < 1.29 is 9.90 Å². The van der Waals surface area contributed by atoms with Crippen LogP contribution in [-0.4, -0.2) is 38.2 Å². The van der Waals surface area contributed by atoms with E-state index < -0.39 is 6.10 Å². The molecule has 0 aliphatic carbocycles. The second-order valence-electron chi connectivity index (χ2n) is 4.66. The molecule has 0 spiro atoms. The third-order valence-electron chi connectivity index (χ3n) is 3.12. The minimum Gasteiger partial charge on any atom is -0.392 e. The fraction of sp³-hybridized carbons (Fsp3) is 0.800. The summed E-state index contributed by atoms with van der Waals surface area (Å²) in [6.07, 6.45) is -0.625. The third kappa shape index (κ3) is 1.28. The Labute approximate surface area is 93.2 Å². The van der Waals surface area contributed by atoms with E-state index in [0.29, 0.717) is 0 Å². The lowest BCUT2D eigenvalue weighted by atomic mass is 9.89. The quantitative estimate of drug-likeness (QED) is 0.664. The Bertz CT molecular complexity index is 348. The van der Waals surface area contributed by atoms with Crippen LogP contribution < -0.4 is 0 Å². The molecule has 0 aromatic rings. The number of aliphatic hydroxyl groups excluding tert-OH is 1. The van der Waals surface area contributed by atoms with Crippen LogP contribution in [0.25, 0.3) is 0 Å². The molecule has 82 valence electrons. The first-order valence-corrected chi connectivity index (χ1v) is 5.86. The van der Waals surface area contributed by atoms with Crippen LogP contribution in [0.4, 0.5) is 0 Å². The number of hydrogen-bond donors (Lipinski definition) is 1. The van der Waals surface area contributed by atoms with Gasteiger partial charge < -0.3 is 10.0 Å². The first kappa shape index (κ1) is 10.8. The number of fused-ring (bicyclic) bond motifs is 1. The molecule has 2 rings (SSSR count). The van der Waals surface area contributed by atoms with E-state index >= 15 is 0 Å². The van der Waals surface area contributed by atoms with E-state index in [1.54, 1.807) is 23.6 Å². The van der Waals surface area contributed by atoms with Crippen LogP contribution >= 0.6 is 11.8 Å². The van der Waals surface area contributed by atoms with Crippen molar-refractivity contribution in [2.75, 3.05) is 0 Å². The zero-order chi connectivity index (χ0) is 11.4. The fourth-order valence-electron chi connectivity index (χ4n) is 2.29. The lowest BCUT2D eigenvalue weighted by molar-refractivity contribution is -0.157. The number of nitrogens with zero attached hydrogens (tertiary/aromatic N) is 2.